The van der Waals surface area contributed by atoms with E-state index in [1.807, 2.05) is 0 Å². The van der Waals surface area contributed by atoms with Gasteiger partial charge in [-0.3, -0.25) is 13.7 Å². The Bertz CT molecular complexity index is 1620. The number of rotatable bonds is 3. The van der Waals surface area contributed by atoms with Crippen molar-refractivity contribution in [2.45, 2.75) is 14.7 Å². The third-order valence-corrected chi connectivity index (χ3v) is 7.35. The molecule has 4 aromatic rings. The van der Waals surface area contributed by atoms with Gasteiger partial charge in [0.05, 0.1) is 0 Å². The van der Waals surface area contributed by atoms with Crippen LogP contribution in [0, 0.1) is 0 Å². The van der Waals surface area contributed by atoms with Gasteiger partial charge >= 0.3 is 0 Å². The lowest BCUT2D eigenvalue weighted by atomic mass is 9.94. The molecule has 0 radical (unpaired) electrons. The van der Waals surface area contributed by atoms with Gasteiger partial charge in [-0.25, -0.2) is 0 Å². The Morgan fingerprint density at radius 3 is 1.61 bits per heavy atom. The summed E-state index contributed by atoms with van der Waals surface area (Å²) in [4.78, 5) is -2.44. The zero-order valence-corrected chi connectivity index (χ0v) is 16.0. The van der Waals surface area contributed by atoms with E-state index in [0.29, 0.717) is 5.39 Å². The van der Waals surface area contributed by atoms with Crippen molar-refractivity contribution in [1.29, 1.82) is 0 Å². The Labute approximate surface area is 158 Å². The fourth-order valence-electron chi connectivity index (χ4n) is 3.48. The zero-order chi connectivity index (χ0) is 20.6. The van der Waals surface area contributed by atoms with Crippen LogP contribution in [0.1, 0.15) is 0 Å². The van der Waals surface area contributed by atoms with E-state index in [0.717, 1.165) is 12.1 Å². The molecule has 0 aliphatic heterocycles. The van der Waals surface area contributed by atoms with Crippen LogP contribution < -0.4 is 0 Å². The van der Waals surface area contributed by atoms with Crippen molar-refractivity contribution in [2.24, 2.45) is 0 Å². The summed E-state index contributed by atoms with van der Waals surface area (Å²) in [5, 5.41) is 0.927. The average Bonchev–Trinajstić information content (AvgIpc) is 2.55. The van der Waals surface area contributed by atoms with Crippen molar-refractivity contribution in [3.8, 4) is 0 Å². The molecule has 3 N–H and O–H groups in total. The molecule has 0 fully saturated rings. The molecule has 0 aliphatic carbocycles. The second-order valence-electron chi connectivity index (χ2n) is 6.12. The van der Waals surface area contributed by atoms with E-state index < -0.39 is 45.0 Å². The molecule has 0 spiro atoms. The third kappa shape index (κ3) is 2.73. The molecule has 4 rings (SSSR count). The van der Waals surface area contributed by atoms with Gasteiger partial charge in [0.2, 0.25) is 0 Å². The molecule has 0 atom stereocenters. The zero-order valence-electron chi connectivity index (χ0n) is 13.6. The lowest BCUT2D eigenvalue weighted by molar-refractivity contribution is 0.468. The van der Waals surface area contributed by atoms with Gasteiger partial charge in [0.1, 0.15) is 14.7 Å². The minimum absolute atomic E-state index is 0.0824. The second-order valence-corrected chi connectivity index (χ2v) is 10.3. The smallest absolute Gasteiger partial charge is 0.282 e. The molecule has 0 heterocycles. The molecule has 0 aromatic heterocycles. The van der Waals surface area contributed by atoms with Crippen molar-refractivity contribution in [1.82, 2.24) is 0 Å². The van der Waals surface area contributed by atoms with E-state index in [4.69, 9.17) is 0 Å². The minimum atomic E-state index is -5.09. The van der Waals surface area contributed by atoms with E-state index in [9.17, 15) is 38.9 Å². The molecular formula is C16H10O9S3. The maximum atomic E-state index is 11.9. The maximum absolute atomic E-state index is 11.9. The molecule has 146 valence electrons. The van der Waals surface area contributed by atoms with Crippen LogP contribution in [0.25, 0.3) is 32.3 Å². The Hall–Kier alpha value is -2.35. The van der Waals surface area contributed by atoms with Crippen LogP contribution in [0.3, 0.4) is 0 Å². The first-order chi connectivity index (χ1) is 12.8. The fourth-order valence-corrected chi connectivity index (χ4v) is 6.18. The van der Waals surface area contributed by atoms with Gasteiger partial charge in [0, 0.05) is 10.8 Å². The highest BCUT2D eigenvalue weighted by molar-refractivity contribution is 7.89. The average molecular weight is 442 g/mol. The number of hydrogen-bond acceptors (Lipinski definition) is 6. The molecule has 0 aliphatic rings. The van der Waals surface area contributed by atoms with E-state index in [1.54, 1.807) is 6.07 Å². The van der Waals surface area contributed by atoms with Crippen LogP contribution >= 0.6 is 0 Å². The molecule has 4 aromatic carbocycles. The van der Waals surface area contributed by atoms with Gasteiger partial charge in [0.25, 0.3) is 30.4 Å². The molecule has 0 bridgehead atoms. The fraction of sp³-hybridized carbons (Fsp3) is 0. The summed E-state index contributed by atoms with van der Waals surface area (Å²) >= 11 is 0. The van der Waals surface area contributed by atoms with Crippen LogP contribution in [0.2, 0.25) is 0 Å². The maximum Gasteiger partial charge on any atom is 0.296 e. The quantitative estimate of drug-likeness (QED) is 0.319. The first-order valence-corrected chi connectivity index (χ1v) is 11.8. The van der Waals surface area contributed by atoms with Crippen LogP contribution in [0.15, 0.2) is 57.2 Å². The van der Waals surface area contributed by atoms with Crippen molar-refractivity contribution >= 4 is 62.7 Å². The summed E-state index contributed by atoms with van der Waals surface area (Å²) in [5.74, 6) is 0. The van der Waals surface area contributed by atoms with Crippen LogP contribution in [0.5, 0.6) is 0 Å². The minimum Gasteiger partial charge on any atom is -0.282 e. The first kappa shape index (κ1) is 19.0. The summed E-state index contributed by atoms with van der Waals surface area (Å²) in [6.45, 7) is 0. The summed E-state index contributed by atoms with van der Waals surface area (Å²) in [6.07, 6.45) is 0. The highest BCUT2D eigenvalue weighted by atomic mass is 32.2. The van der Waals surface area contributed by atoms with Crippen molar-refractivity contribution in [2.75, 3.05) is 0 Å². The van der Waals surface area contributed by atoms with Gasteiger partial charge in [0.15, 0.2) is 0 Å². The Kier molecular flexibility index (Phi) is 3.79. The Balaban J connectivity index is 2.40. The number of benzene rings is 4. The SMILES string of the molecule is O=S(=O)(O)c1cc2ccc3ccc(S(=O)(=O)O)c4ccc(c1S(=O)(=O)O)c2c34. The lowest BCUT2D eigenvalue weighted by Crippen LogP contribution is -2.10. The second kappa shape index (κ2) is 5.59. The van der Waals surface area contributed by atoms with Gasteiger partial charge in [-0.15, -0.1) is 0 Å². The summed E-state index contributed by atoms with van der Waals surface area (Å²) in [6, 6.07) is 8.75. The Morgan fingerprint density at radius 1 is 0.536 bits per heavy atom. The predicted octanol–water partition coefficient (Wildman–Crippen LogP) is 2.32. The van der Waals surface area contributed by atoms with Crippen LogP contribution in [0.4, 0.5) is 0 Å². The van der Waals surface area contributed by atoms with Crippen molar-refractivity contribution in [3.05, 3.63) is 42.5 Å². The predicted molar refractivity (Wildman–Crippen MR) is 99.6 cm³/mol. The monoisotopic (exact) mass is 442 g/mol. The molecular weight excluding hydrogens is 432 g/mol. The summed E-state index contributed by atoms with van der Waals surface area (Å²) in [5.41, 5.74) is 0. The summed E-state index contributed by atoms with van der Waals surface area (Å²) in [7, 11) is -14.7. The highest BCUT2D eigenvalue weighted by Gasteiger charge is 2.29. The molecule has 0 unspecified atom stereocenters. The third-order valence-electron chi connectivity index (χ3n) is 4.47. The normalized spacial score (nSPS) is 13.7. The molecule has 28 heavy (non-hydrogen) atoms. The standard InChI is InChI=1S/C16H10O9S3/c17-26(18,19)12-6-3-8-1-2-9-7-13(27(20,21)22)16(28(23,24)25)11-5-4-10(12)14(8)15(9)11/h1-7H,(H,17,18,19)(H,20,21,22)(H,23,24,25). The highest BCUT2D eigenvalue weighted by Crippen LogP contribution is 2.41. The van der Waals surface area contributed by atoms with E-state index >= 15 is 0 Å². The lowest BCUT2D eigenvalue weighted by Gasteiger charge is -2.16. The van der Waals surface area contributed by atoms with Crippen LogP contribution in [-0.4, -0.2) is 38.9 Å². The van der Waals surface area contributed by atoms with Crippen molar-refractivity contribution in [3.63, 3.8) is 0 Å². The van der Waals surface area contributed by atoms with Gasteiger partial charge in [-0.1, -0.05) is 30.3 Å². The molecule has 0 amide bonds. The summed E-state index contributed by atoms with van der Waals surface area (Å²) < 4.78 is 99.2. The largest absolute Gasteiger partial charge is 0.296 e. The van der Waals surface area contributed by atoms with E-state index in [-0.39, 0.29) is 26.9 Å². The number of hydrogen-bond donors (Lipinski definition) is 3. The van der Waals surface area contributed by atoms with Gasteiger partial charge in [-0.05, 0) is 33.7 Å². The van der Waals surface area contributed by atoms with E-state index in [2.05, 4.69) is 0 Å². The van der Waals surface area contributed by atoms with Gasteiger partial charge < -0.3 is 0 Å². The molecule has 9 nitrogen and oxygen atoms in total. The molecule has 12 heteroatoms. The first-order valence-electron chi connectivity index (χ1n) is 7.47. The van der Waals surface area contributed by atoms with Crippen molar-refractivity contribution < 1.29 is 38.9 Å². The van der Waals surface area contributed by atoms with Crippen LogP contribution in [-0.2, 0) is 30.4 Å². The topological polar surface area (TPSA) is 163 Å². The molecule has 0 saturated carbocycles. The van der Waals surface area contributed by atoms with Gasteiger partial charge in [-0.2, -0.15) is 25.3 Å². The molecule has 0 saturated heterocycles. The van der Waals surface area contributed by atoms with E-state index in [1.165, 1.54) is 24.3 Å². The Morgan fingerprint density at radius 2 is 1.04 bits per heavy atom.